The van der Waals surface area contributed by atoms with Gasteiger partial charge >= 0.3 is 0 Å². The fourth-order valence-corrected chi connectivity index (χ4v) is 3.89. The Morgan fingerprint density at radius 3 is 2.62 bits per heavy atom. The third-order valence-electron chi connectivity index (χ3n) is 5.31. The van der Waals surface area contributed by atoms with Gasteiger partial charge in [-0.2, -0.15) is 0 Å². The van der Waals surface area contributed by atoms with Gasteiger partial charge in [-0.1, -0.05) is 20.8 Å². The van der Waals surface area contributed by atoms with Crippen LogP contribution in [-0.4, -0.2) is 20.1 Å². The van der Waals surface area contributed by atoms with E-state index in [1.165, 1.54) is 24.8 Å². The molecule has 3 heterocycles. The summed E-state index contributed by atoms with van der Waals surface area (Å²) in [6.07, 6.45) is 10.6. The number of imidazole rings is 1. The topological polar surface area (TPSA) is 39.9 Å². The van der Waals surface area contributed by atoms with Crippen molar-refractivity contribution in [2.75, 3.05) is 0 Å². The molecule has 0 bridgehead atoms. The number of aromatic nitrogens is 3. The minimum atomic E-state index is 0.0770. The van der Waals surface area contributed by atoms with Gasteiger partial charge in [0.1, 0.15) is 11.3 Å². The van der Waals surface area contributed by atoms with E-state index in [1.54, 1.807) is 0 Å². The zero-order chi connectivity index (χ0) is 16.9. The summed E-state index contributed by atoms with van der Waals surface area (Å²) in [5.41, 5.74) is 4.78. The van der Waals surface area contributed by atoms with Crippen molar-refractivity contribution in [3.05, 3.63) is 29.8 Å². The lowest BCUT2D eigenvalue weighted by Crippen LogP contribution is -2.46. The molecule has 4 rings (SSSR count). The third-order valence-corrected chi connectivity index (χ3v) is 5.31. The zero-order valence-corrected chi connectivity index (χ0v) is 15.2. The number of fused-ring (bicyclic) bond motifs is 1. The molecule has 1 aliphatic heterocycles. The van der Waals surface area contributed by atoms with Crippen molar-refractivity contribution >= 4 is 0 Å². The minimum absolute atomic E-state index is 0.0770. The van der Waals surface area contributed by atoms with Gasteiger partial charge in [0, 0.05) is 12.7 Å². The molecule has 4 nitrogen and oxygen atoms in total. The Bertz CT molecular complexity index is 766. The van der Waals surface area contributed by atoms with Crippen LogP contribution >= 0.6 is 0 Å². The number of hydrogen-bond acceptors (Lipinski definition) is 3. The number of rotatable bonds is 2. The molecule has 0 amide bonds. The predicted octanol–water partition coefficient (Wildman–Crippen LogP) is 4.32. The maximum atomic E-state index is 6.55. The van der Waals surface area contributed by atoms with E-state index in [4.69, 9.17) is 9.72 Å². The van der Waals surface area contributed by atoms with Crippen molar-refractivity contribution in [1.82, 2.24) is 14.5 Å². The lowest BCUT2D eigenvalue weighted by Gasteiger charge is -2.45. The van der Waals surface area contributed by atoms with Crippen molar-refractivity contribution in [1.29, 1.82) is 0 Å². The van der Waals surface area contributed by atoms with Crippen molar-refractivity contribution in [3.8, 4) is 17.1 Å². The van der Waals surface area contributed by atoms with Gasteiger partial charge in [-0.3, -0.25) is 0 Å². The van der Waals surface area contributed by atoms with Crippen molar-refractivity contribution in [2.45, 2.75) is 64.9 Å². The number of hydrogen-bond donors (Lipinski definition) is 0. The van der Waals surface area contributed by atoms with E-state index >= 15 is 0 Å². The average Bonchev–Trinajstić information content (AvgIpc) is 2.88. The average molecular weight is 325 g/mol. The van der Waals surface area contributed by atoms with Gasteiger partial charge in [0.05, 0.1) is 18.2 Å². The molecule has 4 heteroatoms. The van der Waals surface area contributed by atoms with E-state index in [9.17, 15) is 0 Å². The molecule has 1 fully saturated rings. The summed E-state index contributed by atoms with van der Waals surface area (Å²) < 4.78 is 8.58. The second kappa shape index (κ2) is 5.33. The maximum Gasteiger partial charge on any atom is 0.151 e. The van der Waals surface area contributed by atoms with E-state index in [0.717, 1.165) is 42.1 Å². The monoisotopic (exact) mass is 325 g/mol. The van der Waals surface area contributed by atoms with Crippen LogP contribution in [0.3, 0.4) is 0 Å². The van der Waals surface area contributed by atoms with Crippen LogP contribution in [0.25, 0.3) is 11.4 Å². The highest BCUT2D eigenvalue weighted by atomic mass is 16.5. The van der Waals surface area contributed by atoms with E-state index in [2.05, 4.69) is 31.8 Å². The van der Waals surface area contributed by atoms with Gasteiger partial charge in [-0.05, 0) is 55.6 Å². The summed E-state index contributed by atoms with van der Waals surface area (Å²) in [6.45, 7) is 6.78. The molecule has 0 N–H and O–H groups in total. The fraction of sp³-hybridized carbons (Fsp3) is 0.600. The number of nitrogens with zero attached hydrogens (tertiary/aromatic N) is 3. The summed E-state index contributed by atoms with van der Waals surface area (Å²) >= 11 is 0. The van der Waals surface area contributed by atoms with Crippen LogP contribution in [-0.2, 0) is 19.9 Å². The van der Waals surface area contributed by atoms with Gasteiger partial charge in [-0.15, -0.1) is 0 Å². The molecule has 0 aromatic carbocycles. The molecule has 128 valence electrons. The standard InChI is InChI=1S/C20H27N3O/c1-19(2,3)11-15-10-14-6-9-20(7-5-8-20)24-18(14)17(22-15)16-12-21-13-23(16)4/h10,12-13H,5-9,11H2,1-4H3. The van der Waals surface area contributed by atoms with E-state index in [1.807, 2.05) is 24.1 Å². The van der Waals surface area contributed by atoms with Crippen molar-refractivity contribution in [3.63, 3.8) is 0 Å². The van der Waals surface area contributed by atoms with Gasteiger partial charge in [0.15, 0.2) is 5.75 Å². The quantitative estimate of drug-likeness (QED) is 0.825. The largest absolute Gasteiger partial charge is 0.485 e. The van der Waals surface area contributed by atoms with Crippen LogP contribution in [0.5, 0.6) is 5.75 Å². The molecule has 1 spiro atoms. The van der Waals surface area contributed by atoms with E-state index < -0.39 is 0 Å². The zero-order valence-electron chi connectivity index (χ0n) is 15.2. The normalized spacial score (nSPS) is 18.8. The van der Waals surface area contributed by atoms with Crippen molar-refractivity contribution in [2.24, 2.45) is 12.5 Å². The lowest BCUT2D eigenvalue weighted by molar-refractivity contribution is -0.0248. The van der Waals surface area contributed by atoms with E-state index in [0.29, 0.717) is 0 Å². The first kappa shape index (κ1) is 15.7. The minimum Gasteiger partial charge on any atom is -0.485 e. The van der Waals surface area contributed by atoms with Crippen molar-refractivity contribution < 1.29 is 4.74 Å². The highest BCUT2D eigenvalue weighted by Gasteiger charge is 2.43. The molecule has 0 atom stereocenters. The molecular weight excluding hydrogens is 298 g/mol. The maximum absolute atomic E-state index is 6.55. The van der Waals surface area contributed by atoms with Crippen LogP contribution in [0, 0.1) is 5.41 Å². The molecule has 0 unspecified atom stereocenters. The van der Waals surface area contributed by atoms with Crippen LogP contribution in [0.2, 0.25) is 0 Å². The molecule has 0 saturated heterocycles. The van der Waals surface area contributed by atoms with Crippen LogP contribution < -0.4 is 4.74 Å². The first-order valence-corrected chi connectivity index (χ1v) is 9.04. The molecule has 2 aromatic heterocycles. The highest BCUT2D eigenvalue weighted by Crippen LogP contribution is 2.48. The Morgan fingerprint density at radius 2 is 2.04 bits per heavy atom. The molecule has 0 radical (unpaired) electrons. The summed E-state index contributed by atoms with van der Waals surface area (Å²) in [6, 6.07) is 2.27. The molecule has 2 aromatic rings. The lowest BCUT2D eigenvalue weighted by atomic mass is 9.74. The molecule has 1 saturated carbocycles. The predicted molar refractivity (Wildman–Crippen MR) is 95.1 cm³/mol. The highest BCUT2D eigenvalue weighted by molar-refractivity contribution is 5.66. The van der Waals surface area contributed by atoms with Gasteiger partial charge in [0.25, 0.3) is 0 Å². The number of ether oxygens (including phenoxy) is 1. The first-order chi connectivity index (χ1) is 11.4. The Labute approximate surface area is 144 Å². The Hall–Kier alpha value is -1.84. The van der Waals surface area contributed by atoms with Gasteiger partial charge in [-0.25, -0.2) is 9.97 Å². The third kappa shape index (κ3) is 2.72. The van der Waals surface area contributed by atoms with Crippen LogP contribution in [0.1, 0.15) is 57.7 Å². The van der Waals surface area contributed by atoms with Gasteiger partial charge in [0.2, 0.25) is 0 Å². The Morgan fingerprint density at radius 1 is 1.25 bits per heavy atom. The van der Waals surface area contributed by atoms with Crippen LogP contribution in [0.4, 0.5) is 0 Å². The van der Waals surface area contributed by atoms with Crippen LogP contribution in [0.15, 0.2) is 18.6 Å². The molecule has 24 heavy (non-hydrogen) atoms. The summed E-state index contributed by atoms with van der Waals surface area (Å²) in [5.74, 6) is 1.00. The summed E-state index contributed by atoms with van der Waals surface area (Å²) in [4.78, 5) is 9.30. The summed E-state index contributed by atoms with van der Waals surface area (Å²) in [5, 5.41) is 0. The SMILES string of the molecule is Cn1cncc1-c1nc(CC(C)(C)C)cc2c1OC1(CCC1)CC2. The van der Waals surface area contributed by atoms with Gasteiger partial charge < -0.3 is 9.30 Å². The smallest absolute Gasteiger partial charge is 0.151 e. The Balaban J connectivity index is 1.82. The molecule has 2 aliphatic rings. The summed E-state index contributed by atoms with van der Waals surface area (Å²) in [7, 11) is 2.02. The van der Waals surface area contributed by atoms with E-state index in [-0.39, 0.29) is 11.0 Å². The second-order valence-electron chi connectivity index (χ2n) is 8.72. The number of aryl methyl sites for hydroxylation is 2. The molecular formula is C20H27N3O. The Kier molecular flexibility index (Phi) is 3.48. The first-order valence-electron chi connectivity index (χ1n) is 9.04. The number of pyridine rings is 1. The molecule has 1 aliphatic carbocycles. The second-order valence-corrected chi connectivity index (χ2v) is 8.72. The fourth-order valence-electron chi connectivity index (χ4n) is 3.89.